The number of carboxylic acid groups (broad SMARTS) is 1. The van der Waals surface area contributed by atoms with E-state index in [4.69, 9.17) is 20.9 Å². The number of nitrogens with zero attached hydrogens (tertiary/aromatic N) is 3. The minimum absolute atomic E-state index is 0.140. The molecular formula is C39H63N5O5. The topological polar surface area (TPSA) is 156 Å². The van der Waals surface area contributed by atoms with Crippen molar-refractivity contribution in [2.75, 3.05) is 19.8 Å². The first-order valence-electron chi connectivity index (χ1n) is 19.0. The Morgan fingerprint density at radius 3 is 2.41 bits per heavy atom. The molecule has 6 rings (SSSR count). The van der Waals surface area contributed by atoms with Gasteiger partial charge in [-0.15, -0.1) is 0 Å². The number of aliphatic carboxylic acids is 1. The van der Waals surface area contributed by atoms with Crippen molar-refractivity contribution in [1.82, 2.24) is 14.8 Å². The van der Waals surface area contributed by atoms with E-state index in [1.165, 1.54) is 11.9 Å². The zero-order valence-corrected chi connectivity index (χ0v) is 31.6. The summed E-state index contributed by atoms with van der Waals surface area (Å²) in [5, 5.41) is 15.7. The molecule has 0 spiro atoms. The maximum atomic E-state index is 13.5. The van der Waals surface area contributed by atoms with E-state index in [1.54, 1.807) is 4.68 Å². The molecule has 11 atom stereocenters. The van der Waals surface area contributed by atoms with Gasteiger partial charge in [0.15, 0.2) is 0 Å². The summed E-state index contributed by atoms with van der Waals surface area (Å²) < 4.78 is 15.4. The van der Waals surface area contributed by atoms with Crippen molar-refractivity contribution in [3.05, 3.63) is 23.8 Å². The Hall–Kier alpha value is -2.30. The van der Waals surface area contributed by atoms with Crippen LogP contribution in [0.4, 0.5) is 0 Å². The van der Waals surface area contributed by atoms with Crippen LogP contribution in [0.1, 0.15) is 130 Å². The zero-order valence-electron chi connectivity index (χ0n) is 31.6. The average Bonchev–Trinajstić information content (AvgIpc) is 3.54. The van der Waals surface area contributed by atoms with Crippen molar-refractivity contribution in [2.24, 2.45) is 68.1 Å². The summed E-state index contributed by atoms with van der Waals surface area (Å²) in [6.45, 7) is 21.7. The number of carboxylic acids is 1. The van der Waals surface area contributed by atoms with Gasteiger partial charge in [0, 0.05) is 16.4 Å². The van der Waals surface area contributed by atoms with Crippen LogP contribution in [0.15, 0.2) is 18.0 Å². The van der Waals surface area contributed by atoms with E-state index in [0.717, 1.165) is 44.9 Å². The molecular weight excluding hydrogens is 618 g/mol. The van der Waals surface area contributed by atoms with Crippen LogP contribution in [-0.4, -0.2) is 63.2 Å². The van der Waals surface area contributed by atoms with E-state index >= 15 is 0 Å². The first-order valence-corrected chi connectivity index (χ1v) is 19.0. The number of allylic oxidation sites excluding steroid dienone is 1. The summed E-state index contributed by atoms with van der Waals surface area (Å²) >= 11 is 0. The molecule has 10 nitrogen and oxygen atoms in total. The molecule has 0 unspecified atom stereocenters. The molecule has 1 aromatic rings. The van der Waals surface area contributed by atoms with E-state index < -0.39 is 28.7 Å². The number of hydrogen-bond acceptors (Lipinski definition) is 7. The molecule has 0 aromatic carbocycles. The second-order valence-corrected chi connectivity index (χ2v) is 18.3. The van der Waals surface area contributed by atoms with Crippen LogP contribution in [0.25, 0.3) is 0 Å². The molecule has 10 heteroatoms. The molecule has 1 saturated heterocycles. The summed E-state index contributed by atoms with van der Waals surface area (Å²) in [6, 6.07) is -0.304. The van der Waals surface area contributed by atoms with Crippen molar-refractivity contribution in [2.45, 2.75) is 131 Å². The van der Waals surface area contributed by atoms with Gasteiger partial charge in [0.05, 0.1) is 37.9 Å². The Balaban J connectivity index is 1.47. The highest BCUT2D eigenvalue weighted by molar-refractivity contribution is 5.89. The maximum Gasteiger partial charge on any atom is 0.307 e. The highest BCUT2D eigenvalue weighted by atomic mass is 16.5. The second-order valence-electron chi connectivity index (χ2n) is 18.3. The fourth-order valence-electron chi connectivity index (χ4n) is 12.5. The van der Waals surface area contributed by atoms with Crippen molar-refractivity contribution < 1.29 is 24.2 Å². The van der Waals surface area contributed by atoms with Gasteiger partial charge < -0.3 is 26.0 Å². The lowest BCUT2D eigenvalue weighted by Gasteiger charge is -2.71. The third kappa shape index (κ3) is 5.03. The molecule has 1 aromatic heterocycles. The third-order valence-corrected chi connectivity index (χ3v) is 16.2. The van der Waals surface area contributed by atoms with Crippen LogP contribution in [0.2, 0.25) is 0 Å². The number of primary amides is 1. The monoisotopic (exact) mass is 681 g/mol. The summed E-state index contributed by atoms with van der Waals surface area (Å²) in [6.07, 6.45) is 10.4. The van der Waals surface area contributed by atoms with Gasteiger partial charge in [0.25, 0.3) is 5.91 Å². The van der Waals surface area contributed by atoms with Crippen LogP contribution in [0, 0.1) is 56.7 Å². The number of hydrogen-bond donors (Lipinski definition) is 3. The third-order valence-electron chi connectivity index (χ3n) is 16.2. The number of amides is 1. The highest BCUT2D eigenvalue weighted by Crippen LogP contribution is 2.75. The summed E-state index contributed by atoms with van der Waals surface area (Å²) in [5.74, 6) is -0.373. The van der Waals surface area contributed by atoms with Crippen LogP contribution in [0.5, 0.6) is 0 Å². The first-order chi connectivity index (χ1) is 22.9. The molecule has 5 aliphatic rings. The number of carbonyl (C=O) groups excluding carboxylic acids is 1. The quantitative estimate of drug-likeness (QED) is 0.239. The number of nitrogens with two attached hydrogens (primary N) is 2. The van der Waals surface area contributed by atoms with Crippen LogP contribution >= 0.6 is 0 Å². The lowest BCUT2D eigenvalue weighted by molar-refractivity contribution is -0.252. The predicted octanol–water partition coefficient (Wildman–Crippen LogP) is 6.41. The van der Waals surface area contributed by atoms with Crippen molar-refractivity contribution in [3.8, 4) is 0 Å². The Labute approximate surface area is 293 Å². The van der Waals surface area contributed by atoms with Gasteiger partial charge in [-0.2, -0.15) is 5.10 Å². The molecule has 2 heterocycles. The second kappa shape index (κ2) is 12.1. The predicted molar refractivity (Wildman–Crippen MR) is 188 cm³/mol. The number of aromatic nitrogens is 3. The van der Waals surface area contributed by atoms with Crippen LogP contribution in [0.3, 0.4) is 0 Å². The summed E-state index contributed by atoms with van der Waals surface area (Å²) in [4.78, 5) is 30.5. The lowest BCUT2D eigenvalue weighted by atomic mass is 9.34. The average molecular weight is 682 g/mol. The van der Waals surface area contributed by atoms with E-state index in [-0.39, 0.29) is 57.4 Å². The molecule has 49 heavy (non-hydrogen) atoms. The summed E-state index contributed by atoms with van der Waals surface area (Å²) in [5.41, 5.74) is 12.1. The van der Waals surface area contributed by atoms with Gasteiger partial charge in [0.1, 0.15) is 6.33 Å². The SMILES string of the molecule is CCC(N)(CC)CO[C@H]1[C@H](n2ncnc2C(N)=O)C[C@@]23COC[C@]1(C)[C@@H]2CC[C@H]1C3=CC[C@@]2(C)[C@H](C(=O)O)[C@@](C)([C@H](C)C(C)C)CC[C@]12C. The van der Waals surface area contributed by atoms with Gasteiger partial charge in [-0.3, -0.25) is 9.59 Å². The normalized spacial score (nSPS) is 42.4. The molecule has 0 radical (unpaired) electrons. The van der Waals surface area contributed by atoms with Gasteiger partial charge in [-0.25, -0.2) is 9.67 Å². The van der Waals surface area contributed by atoms with Crippen molar-refractivity contribution in [3.63, 3.8) is 0 Å². The standard InChI is InChI=1S/C39H63N5O5/c1-10-38(41,11-2)20-49-30-27(44-32(31(40)45)42-22-43-44)18-39-21-48-19-35(30,7)28(39)13-12-25-26(39)14-15-37(9)29(33(46)47)34(6,24(5)23(3)4)16-17-36(25,37)8/h14,22-25,27-30H,10-13,15-21,41H2,1-9H3,(H2,40,45)(H,46,47)/t24-,25+,27-,28+,29-,30+,34-,35-,36-,37+,39+/m1/s1. The lowest BCUT2D eigenvalue weighted by Crippen LogP contribution is -2.69. The van der Waals surface area contributed by atoms with Crippen molar-refractivity contribution >= 4 is 11.9 Å². The van der Waals surface area contributed by atoms with Crippen LogP contribution < -0.4 is 11.5 Å². The fourth-order valence-corrected chi connectivity index (χ4v) is 12.5. The van der Waals surface area contributed by atoms with Gasteiger partial charge in [0.2, 0.25) is 5.82 Å². The van der Waals surface area contributed by atoms with E-state index in [0.29, 0.717) is 32.2 Å². The maximum absolute atomic E-state index is 13.5. The highest BCUT2D eigenvalue weighted by Gasteiger charge is 2.72. The number of carbonyl (C=O) groups is 2. The van der Waals surface area contributed by atoms with E-state index in [9.17, 15) is 14.7 Å². The number of ether oxygens (including phenoxy) is 2. The Morgan fingerprint density at radius 1 is 1.10 bits per heavy atom. The largest absolute Gasteiger partial charge is 0.481 e. The van der Waals surface area contributed by atoms with Crippen molar-refractivity contribution in [1.29, 1.82) is 0 Å². The Morgan fingerprint density at radius 2 is 1.80 bits per heavy atom. The molecule has 1 amide bonds. The fraction of sp³-hybridized carbons (Fsp3) is 0.846. The molecule has 5 N–H and O–H groups in total. The minimum Gasteiger partial charge on any atom is -0.481 e. The molecule has 4 aliphatic carbocycles. The van der Waals surface area contributed by atoms with Gasteiger partial charge >= 0.3 is 5.97 Å². The first kappa shape index (κ1) is 36.5. The Kier molecular flexibility index (Phi) is 9.05. The molecule has 2 bridgehead atoms. The molecule has 3 saturated carbocycles. The molecule has 4 fully saturated rings. The van der Waals surface area contributed by atoms with Crippen LogP contribution in [-0.2, 0) is 14.3 Å². The summed E-state index contributed by atoms with van der Waals surface area (Å²) in [7, 11) is 0. The minimum atomic E-state index is -0.654. The van der Waals surface area contributed by atoms with E-state index in [2.05, 4.69) is 78.5 Å². The zero-order chi connectivity index (χ0) is 35.9. The number of rotatable bonds is 10. The smallest absolute Gasteiger partial charge is 0.307 e. The van der Waals surface area contributed by atoms with Gasteiger partial charge in [-0.1, -0.05) is 74.0 Å². The van der Waals surface area contributed by atoms with Gasteiger partial charge in [-0.05, 0) is 91.3 Å². The van der Waals surface area contributed by atoms with E-state index in [1.807, 2.05) is 0 Å². The Bertz CT molecular complexity index is 1490. The molecule has 274 valence electrons. The molecule has 1 aliphatic heterocycles. The number of fused-ring (bicyclic) bond motifs is 3.